The molecule has 0 aliphatic heterocycles. The van der Waals surface area contributed by atoms with Crippen molar-refractivity contribution in [1.82, 2.24) is 15.5 Å². The quantitative estimate of drug-likeness (QED) is 0.787. The first kappa shape index (κ1) is 14.5. The molecule has 0 spiro atoms. The Morgan fingerprint density at radius 2 is 2.10 bits per heavy atom. The van der Waals surface area contributed by atoms with Gasteiger partial charge in [0.05, 0.1) is 12.7 Å². The lowest BCUT2D eigenvalue weighted by molar-refractivity contribution is 0.373. The summed E-state index contributed by atoms with van der Waals surface area (Å²) in [4.78, 5) is 4.42. The maximum Gasteiger partial charge on any atom is 0.227 e. The molecule has 0 radical (unpaired) electrons. The average molecular weight is 275 g/mol. The van der Waals surface area contributed by atoms with E-state index in [0.29, 0.717) is 17.8 Å². The summed E-state index contributed by atoms with van der Waals surface area (Å²) < 4.78 is 10.6. The first-order chi connectivity index (χ1) is 9.70. The Morgan fingerprint density at radius 3 is 2.85 bits per heavy atom. The second-order valence-corrected chi connectivity index (χ2v) is 4.92. The number of methoxy groups -OCH3 is 1. The third-order valence-electron chi connectivity index (χ3n) is 2.94. The van der Waals surface area contributed by atoms with Gasteiger partial charge in [-0.1, -0.05) is 31.1 Å². The van der Waals surface area contributed by atoms with E-state index in [9.17, 15) is 0 Å². The standard InChI is InChI=1S/C15H21N3O2/c1-11(2)16-10-6-9-14-17-15(18-20-14)12-7-4-5-8-13(12)19-3/h4-5,7-8,11,16H,6,9-10H2,1-3H3. The smallest absolute Gasteiger partial charge is 0.227 e. The second kappa shape index (κ2) is 7.05. The van der Waals surface area contributed by atoms with Crippen LogP contribution in [0.4, 0.5) is 0 Å². The number of para-hydroxylation sites is 1. The molecule has 108 valence electrons. The molecular weight excluding hydrogens is 254 g/mol. The Labute approximate surface area is 119 Å². The number of nitrogens with one attached hydrogen (secondary N) is 1. The first-order valence-corrected chi connectivity index (χ1v) is 6.90. The minimum Gasteiger partial charge on any atom is -0.496 e. The number of nitrogens with zero attached hydrogens (tertiary/aromatic N) is 2. The molecule has 2 rings (SSSR count). The van der Waals surface area contributed by atoms with Crippen molar-refractivity contribution in [3.8, 4) is 17.1 Å². The number of aryl methyl sites for hydroxylation is 1. The number of benzene rings is 1. The zero-order valence-corrected chi connectivity index (χ0v) is 12.2. The van der Waals surface area contributed by atoms with E-state index in [0.717, 1.165) is 30.7 Å². The van der Waals surface area contributed by atoms with Gasteiger partial charge in [0.2, 0.25) is 11.7 Å². The van der Waals surface area contributed by atoms with E-state index in [2.05, 4.69) is 29.3 Å². The fourth-order valence-corrected chi connectivity index (χ4v) is 1.93. The van der Waals surface area contributed by atoms with Gasteiger partial charge in [-0.05, 0) is 25.1 Å². The Morgan fingerprint density at radius 1 is 1.30 bits per heavy atom. The van der Waals surface area contributed by atoms with Gasteiger partial charge in [0, 0.05) is 12.5 Å². The first-order valence-electron chi connectivity index (χ1n) is 6.90. The van der Waals surface area contributed by atoms with E-state index >= 15 is 0 Å². The highest BCUT2D eigenvalue weighted by molar-refractivity contribution is 5.63. The van der Waals surface area contributed by atoms with Crippen LogP contribution < -0.4 is 10.1 Å². The topological polar surface area (TPSA) is 60.2 Å². The molecule has 0 amide bonds. The Balaban J connectivity index is 1.98. The van der Waals surface area contributed by atoms with Crippen LogP contribution in [0.25, 0.3) is 11.4 Å². The summed E-state index contributed by atoms with van der Waals surface area (Å²) in [6, 6.07) is 8.16. The molecular formula is C15H21N3O2. The van der Waals surface area contributed by atoms with Gasteiger partial charge in [-0.2, -0.15) is 4.98 Å². The van der Waals surface area contributed by atoms with E-state index in [-0.39, 0.29) is 0 Å². The van der Waals surface area contributed by atoms with Gasteiger partial charge in [0.1, 0.15) is 5.75 Å². The van der Waals surface area contributed by atoms with Crippen LogP contribution in [-0.2, 0) is 6.42 Å². The van der Waals surface area contributed by atoms with Gasteiger partial charge in [-0.15, -0.1) is 0 Å². The summed E-state index contributed by atoms with van der Waals surface area (Å²) in [5.74, 6) is 1.99. The van der Waals surface area contributed by atoms with E-state index in [1.807, 2.05) is 24.3 Å². The highest BCUT2D eigenvalue weighted by atomic mass is 16.5. The summed E-state index contributed by atoms with van der Waals surface area (Å²) >= 11 is 0. The Bertz CT molecular complexity index is 537. The molecule has 1 aromatic heterocycles. The number of ether oxygens (including phenoxy) is 1. The lowest BCUT2D eigenvalue weighted by Gasteiger charge is -2.05. The van der Waals surface area contributed by atoms with Gasteiger partial charge < -0.3 is 14.6 Å². The summed E-state index contributed by atoms with van der Waals surface area (Å²) in [5, 5.41) is 7.38. The van der Waals surface area contributed by atoms with Gasteiger partial charge >= 0.3 is 0 Å². The summed E-state index contributed by atoms with van der Waals surface area (Å²) in [6.45, 7) is 5.21. The molecule has 1 N–H and O–H groups in total. The highest BCUT2D eigenvalue weighted by Crippen LogP contribution is 2.27. The number of rotatable bonds is 7. The van der Waals surface area contributed by atoms with Crippen molar-refractivity contribution in [1.29, 1.82) is 0 Å². The van der Waals surface area contributed by atoms with Crippen molar-refractivity contribution in [2.75, 3.05) is 13.7 Å². The van der Waals surface area contributed by atoms with Crippen LogP contribution in [0.5, 0.6) is 5.75 Å². The second-order valence-electron chi connectivity index (χ2n) is 4.92. The predicted molar refractivity (Wildman–Crippen MR) is 77.7 cm³/mol. The molecule has 1 aromatic carbocycles. The normalized spacial score (nSPS) is 11.0. The summed E-state index contributed by atoms with van der Waals surface area (Å²) in [7, 11) is 1.64. The lowest BCUT2D eigenvalue weighted by Crippen LogP contribution is -2.23. The third kappa shape index (κ3) is 3.81. The number of hydrogen-bond acceptors (Lipinski definition) is 5. The number of hydrogen-bond donors (Lipinski definition) is 1. The fraction of sp³-hybridized carbons (Fsp3) is 0.467. The average Bonchev–Trinajstić information content (AvgIpc) is 2.92. The van der Waals surface area contributed by atoms with Crippen molar-refractivity contribution in [3.63, 3.8) is 0 Å². The highest BCUT2D eigenvalue weighted by Gasteiger charge is 2.12. The minimum atomic E-state index is 0.502. The van der Waals surface area contributed by atoms with E-state index in [4.69, 9.17) is 9.26 Å². The van der Waals surface area contributed by atoms with Crippen LogP contribution >= 0.6 is 0 Å². The SMILES string of the molecule is COc1ccccc1-c1noc(CCCNC(C)C)n1. The predicted octanol–water partition coefficient (Wildman–Crippen LogP) is 2.68. The van der Waals surface area contributed by atoms with E-state index in [1.54, 1.807) is 7.11 Å². The molecule has 0 saturated carbocycles. The van der Waals surface area contributed by atoms with Gasteiger partial charge in [-0.25, -0.2) is 0 Å². The van der Waals surface area contributed by atoms with Crippen molar-refractivity contribution in [2.24, 2.45) is 0 Å². The molecule has 0 aliphatic carbocycles. The zero-order valence-electron chi connectivity index (χ0n) is 12.2. The molecule has 5 heteroatoms. The van der Waals surface area contributed by atoms with Crippen LogP contribution in [0.15, 0.2) is 28.8 Å². The number of aromatic nitrogens is 2. The Hall–Kier alpha value is -1.88. The third-order valence-corrected chi connectivity index (χ3v) is 2.94. The summed E-state index contributed by atoms with van der Waals surface area (Å²) in [6.07, 6.45) is 1.76. The molecule has 20 heavy (non-hydrogen) atoms. The molecule has 0 saturated heterocycles. The molecule has 0 aliphatic rings. The molecule has 0 fully saturated rings. The van der Waals surface area contributed by atoms with Crippen LogP contribution in [0.2, 0.25) is 0 Å². The largest absolute Gasteiger partial charge is 0.496 e. The minimum absolute atomic E-state index is 0.502. The van der Waals surface area contributed by atoms with Crippen LogP contribution in [-0.4, -0.2) is 29.8 Å². The van der Waals surface area contributed by atoms with Crippen molar-refractivity contribution >= 4 is 0 Å². The van der Waals surface area contributed by atoms with Crippen molar-refractivity contribution in [3.05, 3.63) is 30.2 Å². The van der Waals surface area contributed by atoms with Crippen LogP contribution in [0, 0.1) is 0 Å². The fourth-order valence-electron chi connectivity index (χ4n) is 1.93. The van der Waals surface area contributed by atoms with Gasteiger partial charge in [-0.3, -0.25) is 0 Å². The molecule has 0 bridgehead atoms. The maximum absolute atomic E-state index is 5.30. The van der Waals surface area contributed by atoms with Crippen LogP contribution in [0.1, 0.15) is 26.2 Å². The van der Waals surface area contributed by atoms with Crippen molar-refractivity contribution < 1.29 is 9.26 Å². The van der Waals surface area contributed by atoms with Crippen molar-refractivity contribution in [2.45, 2.75) is 32.7 Å². The molecule has 0 unspecified atom stereocenters. The Kier molecular flexibility index (Phi) is 5.12. The van der Waals surface area contributed by atoms with Gasteiger partial charge in [0.15, 0.2) is 0 Å². The van der Waals surface area contributed by atoms with Crippen LogP contribution in [0.3, 0.4) is 0 Å². The lowest BCUT2D eigenvalue weighted by atomic mass is 10.2. The molecule has 5 nitrogen and oxygen atoms in total. The van der Waals surface area contributed by atoms with E-state index in [1.165, 1.54) is 0 Å². The summed E-state index contributed by atoms with van der Waals surface area (Å²) in [5.41, 5.74) is 0.852. The van der Waals surface area contributed by atoms with E-state index < -0.39 is 0 Å². The molecule has 1 heterocycles. The molecule has 0 atom stereocenters. The monoisotopic (exact) mass is 275 g/mol. The van der Waals surface area contributed by atoms with Gasteiger partial charge in [0.25, 0.3) is 0 Å². The maximum atomic E-state index is 5.30. The molecule has 2 aromatic rings. The zero-order chi connectivity index (χ0) is 14.4.